The number of halogens is 1. The summed E-state index contributed by atoms with van der Waals surface area (Å²) in [5.41, 5.74) is 7.44. The van der Waals surface area contributed by atoms with Gasteiger partial charge in [0.05, 0.1) is 12.2 Å². The van der Waals surface area contributed by atoms with Crippen LogP contribution in [0.1, 0.15) is 46.4 Å². The van der Waals surface area contributed by atoms with Gasteiger partial charge in [-0.2, -0.15) is 5.10 Å². The van der Waals surface area contributed by atoms with Crippen LogP contribution in [0.25, 0.3) is 0 Å². The smallest absolute Gasteiger partial charge is 0.0760 e. The van der Waals surface area contributed by atoms with Gasteiger partial charge in [0, 0.05) is 17.8 Å². The third kappa shape index (κ3) is 6.73. The number of nitrogens with zero attached hydrogens (tertiary/aromatic N) is 2. The van der Waals surface area contributed by atoms with Crippen molar-refractivity contribution in [1.29, 1.82) is 0 Å². The minimum atomic E-state index is 0. The summed E-state index contributed by atoms with van der Waals surface area (Å²) >= 11 is 6.05. The molecular formula is C16H28ClN3. The van der Waals surface area contributed by atoms with Gasteiger partial charge in [-0.05, 0) is 17.7 Å². The molecular weight excluding hydrogens is 270 g/mol. The van der Waals surface area contributed by atoms with E-state index in [4.69, 9.17) is 17.3 Å². The van der Waals surface area contributed by atoms with Gasteiger partial charge in [0.1, 0.15) is 0 Å². The van der Waals surface area contributed by atoms with E-state index in [0.717, 1.165) is 16.3 Å². The Bertz CT molecular complexity index is 452. The van der Waals surface area contributed by atoms with Crippen molar-refractivity contribution >= 4 is 11.6 Å². The molecule has 1 aromatic carbocycles. The molecule has 2 rings (SSSR count). The summed E-state index contributed by atoms with van der Waals surface area (Å²) in [6.45, 7) is 9.15. The zero-order valence-corrected chi connectivity index (χ0v) is 13.0. The summed E-state index contributed by atoms with van der Waals surface area (Å²) in [4.78, 5) is 0. The maximum absolute atomic E-state index is 6.05. The minimum Gasteiger partial charge on any atom is -0.325 e. The van der Waals surface area contributed by atoms with Crippen molar-refractivity contribution in [2.24, 2.45) is 5.73 Å². The van der Waals surface area contributed by atoms with E-state index in [1.807, 2.05) is 68.9 Å². The molecule has 0 aliphatic rings. The van der Waals surface area contributed by atoms with Crippen LogP contribution in [-0.4, -0.2) is 9.78 Å². The first-order valence-electron chi connectivity index (χ1n) is 6.75. The summed E-state index contributed by atoms with van der Waals surface area (Å²) in [7, 11) is 0. The predicted octanol–water partition coefficient (Wildman–Crippen LogP) is 4.73. The van der Waals surface area contributed by atoms with Crippen LogP contribution < -0.4 is 5.73 Å². The number of benzene rings is 1. The standard InChI is InChI=1S/C11H12ClN3.2C2H6.CH4/c12-11-4-2-1-3-9(11)8-15-6-5-10(7-13)14-15;2*1-2;/h1-6H,7-8,13H2;2*1-2H3;1H4. The van der Waals surface area contributed by atoms with Crippen LogP contribution in [0.3, 0.4) is 0 Å². The molecule has 20 heavy (non-hydrogen) atoms. The molecule has 2 N–H and O–H groups in total. The Balaban J connectivity index is 0. The maximum atomic E-state index is 6.05. The van der Waals surface area contributed by atoms with Gasteiger partial charge in [-0.25, -0.2) is 0 Å². The lowest BCUT2D eigenvalue weighted by Gasteiger charge is -2.03. The molecule has 0 unspecified atom stereocenters. The lowest BCUT2D eigenvalue weighted by molar-refractivity contribution is 0.672. The van der Waals surface area contributed by atoms with E-state index in [-0.39, 0.29) is 7.43 Å². The van der Waals surface area contributed by atoms with Gasteiger partial charge in [-0.1, -0.05) is 64.9 Å². The number of hydrogen-bond donors (Lipinski definition) is 1. The second kappa shape index (κ2) is 12.7. The van der Waals surface area contributed by atoms with E-state index in [2.05, 4.69) is 5.10 Å². The highest BCUT2D eigenvalue weighted by Crippen LogP contribution is 2.15. The molecule has 0 saturated carbocycles. The lowest BCUT2D eigenvalue weighted by atomic mass is 10.2. The molecule has 0 radical (unpaired) electrons. The van der Waals surface area contributed by atoms with Crippen molar-refractivity contribution in [2.75, 3.05) is 0 Å². The fourth-order valence-corrected chi connectivity index (χ4v) is 1.60. The van der Waals surface area contributed by atoms with Gasteiger partial charge in [-0.15, -0.1) is 0 Å². The van der Waals surface area contributed by atoms with Gasteiger partial charge in [0.25, 0.3) is 0 Å². The molecule has 0 aliphatic carbocycles. The van der Waals surface area contributed by atoms with Crippen LogP contribution in [0.4, 0.5) is 0 Å². The van der Waals surface area contributed by atoms with Gasteiger partial charge in [0.2, 0.25) is 0 Å². The summed E-state index contributed by atoms with van der Waals surface area (Å²) in [5.74, 6) is 0. The fraction of sp³-hybridized carbons (Fsp3) is 0.438. The van der Waals surface area contributed by atoms with E-state index in [1.165, 1.54) is 0 Å². The molecule has 114 valence electrons. The Kier molecular flexibility index (Phi) is 13.3. The Labute approximate surface area is 128 Å². The number of aromatic nitrogens is 2. The molecule has 0 spiro atoms. The molecule has 0 saturated heterocycles. The fourth-order valence-electron chi connectivity index (χ4n) is 1.40. The van der Waals surface area contributed by atoms with Crippen LogP contribution in [0.2, 0.25) is 5.02 Å². The number of hydrogen-bond acceptors (Lipinski definition) is 2. The molecule has 1 heterocycles. The number of nitrogens with two attached hydrogens (primary N) is 1. The van der Waals surface area contributed by atoms with Crippen LogP contribution in [0, 0.1) is 0 Å². The van der Waals surface area contributed by atoms with E-state index >= 15 is 0 Å². The van der Waals surface area contributed by atoms with Crippen molar-refractivity contribution in [2.45, 2.75) is 48.2 Å². The SMILES string of the molecule is C.CC.CC.NCc1ccn(Cc2ccccc2Cl)n1. The first kappa shape index (κ1) is 21.0. The summed E-state index contributed by atoms with van der Waals surface area (Å²) in [6, 6.07) is 9.67. The van der Waals surface area contributed by atoms with E-state index in [9.17, 15) is 0 Å². The normalized spacial score (nSPS) is 8.50. The molecule has 0 amide bonds. The average molecular weight is 298 g/mol. The predicted molar refractivity (Wildman–Crippen MR) is 90.1 cm³/mol. The molecule has 0 aliphatic heterocycles. The molecule has 0 bridgehead atoms. The van der Waals surface area contributed by atoms with Crippen LogP contribution in [0.15, 0.2) is 36.5 Å². The van der Waals surface area contributed by atoms with Gasteiger partial charge < -0.3 is 5.73 Å². The highest BCUT2D eigenvalue weighted by atomic mass is 35.5. The lowest BCUT2D eigenvalue weighted by Crippen LogP contribution is -2.03. The van der Waals surface area contributed by atoms with Crippen molar-refractivity contribution in [3.05, 3.63) is 52.8 Å². The second-order valence-corrected chi connectivity index (χ2v) is 3.71. The summed E-state index contributed by atoms with van der Waals surface area (Å²) in [6.07, 6.45) is 1.91. The van der Waals surface area contributed by atoms with E-state index in [1.54, 1.807) is 0 Å². The topological polar surface area (TPSA) is 43.8 Å². The number of rotatable bonds is 3. The van der Waals surface area contributed by atoms with Crippen molar-refractivity contribution in [1.82, 2.24) is 9.78 Å². The van der Waals surface area contributed by atoms with Gasteiger partial charge in [-0.3, -0.25) is 4.68 Å². The highest BCUT2D eigenvalue weighted by Gasteiger charge is 2.01. The maximum Gasteiger partial charge on any atom is 0.0760 e. The molecule has 0 fully saturated rings. The van der Waals surface area contributed by atoms with Gasteiger partial charge in [0.15, 0.2) is 0 Å². The second-order valence-electron chi connectivity index (χ2n) is 3.30. The van der Waals surface area contributed by atoms with E-state index < -0.39 is 0 Å². The molecule has 3 nitrogen and oxygen atoms in total. The zero-order valence-electron chi connectivity index (χ0n) is 12.2. The Morgan fingerprint density at radius 1 is 1.10 bits per heavy atom. The molecule has 1 aromatic heterocycles. The van der Waals surface area contributed by atoms with Crippen molar-refractivity contribution in [3.8, 4) is 0 Å². The highest BCUT2D eigenvalue weighted by molar-refractivity contribution is 6.31. The van der Waals surface area contributed by atoms with Crippen LogP contribution in [-0.2, 0) is 13.1 Å². The van der Waals surface area contributed by atoms with Crippen molar-refractivity contribution in [3.63, 3.8) is 0 Å². The Morgan fingerprint density at radius 2 is 1.70 bits per heavy atom. The minimum absolute atomic E-state index is 0. The Morgan fingerprint density at radius 3 is 2.20 bits per heavy atom. The van der Waals surface area contributed by atoms with Gasteiger partial charge >= 0.3 is 0 Å². The van der Waals surface area contributed by atoms with Crippen LogP contribution in [0.5, 0.6) is 0 Å². The summed E-state index contributed by atoms with van der Waals surface area (Å²) in [5, 5.41) is 5.06. The zero-order chi connectivity index (χ0) is 14.7. The quantitative estimate of drug-likeness (QED) is 0.890. The van der Waals surface area contributed by atoms with Crippen LogP contribution >= 0.6 is 11.6 Å². The Hall–Kier alpha value is -1.32. The molecule has 0 atom stereocenters. The molecule has 2 aromatic rings. The average Bonchev–Trinajstić information content (AvgIpc) is 2.93. The molecule has 4 heteroatoms. The third-order valence-electron chi connectivity index (χ3n) is 2.20. The largest absolute Gasteiger partial charge is 0.325 e. The van der Waals surface area contributed by atoms with Crippen molar-refractivity contribution < 1.29 is 0 Å². The first-order chi connectivity index (χ1) is 9.29. The summed E-state index contributed by atoms with van der Waals surface area (Å²) < 4.78 is 1.84. The first-order valence-corrected chi connectivity index (χ1v) is 7.13. The third-order valence-corrected chi connectivity index (χ3v) is 2.56. The monoisotopic (exact) mass is 297 g/mol. The van der Waals surface area contributed by atoms with E-state index in [0.29, 0.717) is 13.1 Å².